The quantitative estimate of drug-likeness (QED) is 0.570. The van der Waals surface area contributed by atoms with E-state index in [9.17, 15) is 15.0 Å². The van der Waals surface area contributed by atoms with E-state index in [0.29, 0.717) is 25.3 Å². The smallest absolute Gasteiger partial charge is 0.410 e. The molecule has 2 saturated heterocycles. The van der Waals surface area contributed by atoms with Crippen LogP contribution in [0.1, 0.15) is 77.7 Å². The van der Waals surface area contributed by atoms with Crippen LogP contribution in [0.5, 0.6) is 0 Å². The molecule has 1 aromatic rings. The molecule has 2 aliphatic heterocycles. The second kappa shape index (κ2) is 13.6. The van der Waals surface area contributed by atoms with Crippen molar-refractivity contribution in [3.05, 3.63) is 35.9 Å². The number of likely N-dealkylation sites (tertiary alicyclic amines) is 2. The fraction of sp³-hybridized carbons (Fsp3) is 0.767. The fourth-order valence-corrected chi connectivity index (χ4v) is 5.39. The lowest BCUT2D eigenvalue weighted by Crippen LogP contribution is -2.45. The number of piperidine rings is 2. The molecule has 1 aromatic carbocycles. The lowest BCUT2D eigenvalue weighted by molar-refractivity contribution is -0.117. The van der Waals surface area contributed by atoms with E-state index in [1.165, 1.54) is 5.56 Å². The van der Waals surface area contributed by atoms with Gasteiger partial charge in [0.1, 0.15) is 5.60 Å². The van der Waals surface area contributed by atoms with Gasteiger partial charge in [0.25, 0.3) is 0 Å². The lowest BCUT2D eigenvalue weighted by Gasteiger charge is -2.38. The molecule has 2 N–H and O–H groups in total. The predicted octanol–water partition coefficient (Wildman–Crippen LogP) is 4.12. The van der Waals surface area contributed by atoms with Gasteiger partial charge in [-0.05, 0) is 77.7 Å². The van der Waals surface area contributed by atoms with Crippen molar-refractivity contribution >= 4 is 6.09 Å². The zero-order valence-corrected chi connectivity index (χ0v) is 23.5. The van der Waals surface area contributed by atoms with Gasteiger partial charge in [-0.3, -0.25) is 4.90 Å². The molecule has 0 bridgehead atoms. The van der Waals surface area contributed by atoms with Crippen LogP contribution in [-0.2, 0) is 20.8 Å². The van der Waals surface area contributed by atoms with Crippen molar-refractivity contribution < 1.29 is 29.2 Å². The number of carbonyl (C=O) groups excluding carboxylic acids is 1. The maximum Gasteiger partial charge on any atom is 0.410 e. The summed E-state index contributed by atoms with van der Waals surface area (Å²) >= 11 is 0. The average molecular weight is 533 g/mol. The monoisotopic (exact) mass is 532 g/mol. The standard InChI is InChI=1S/C16H23NO2.C14H25NO4/c18-14-10-16(11-14)19-15-6-8-17(9-7-15)12-13-4-2-1-3-5-13;1-14(2,3)19-13(17)15-6-4-11(5-7-15)18-12-8-10(16)9-12/h1-5,14-16,18H,6-12H2;10-12,16H,4-9H2,1-3H3. The van der Waals surface area contributed by atoms with Crippen LogP contribution in [0.25, 0.3) is 0 Å². The van der Waals surface area contributed by atoms with E-state index in [1.807, 2.05) is 20.8 Å². The summed E-state index contributed by atoms with van der Waals surface area (Å²) in [6.07, 6.45) is 7.79. The molecule has 38 heavy (non-hydrogen) atoms. The minimum absolute atomic E-state index is 0.108. The number of aliphatic hydroxyl groups excluding tert-OH is 2. The summed E-state index contributed by atoms with van der Waals surface area (Å²) in [5.41, 5.74) is 0.955. The van der Waals surface area contributed by atoms with E-state index in [2.05, 4.69) is 35.2 Å². The van der Waals surface area contributed by atoms with E-state index in [4.69, 9.17) is 14.2 Å². The van der Waals surface area contributed by atoms with Crippen molar-refractivity contribution in [1.29, 1.82) is 0 Å². The van der Waals surface area contributed by atoms with Crippen LogP contribution in [-0.4, -0.2) is 94.5 Å². The van der Waals surface area contributed by atoms with Crippen LogP contribution in [0.4, 0.5) is 4.79 Å². The molecule has 0 atom stereocenters. The molecule has 5 rings (SSSR count). The van der Waals surface area contributed by atoms with Crippen molar-refractivity contribution in [2.24, 2.45) is 0 Å². The molecule has 2 heterocycles. The van der Waals surface area contributed by atoms with Crippen molar-refractivity contribution in [3.8, 4) is 0 Å². The Labute approximate surface area is 228 Å². The number of hydrogen-bond donors (Lipinski definition) is 2. The van der Waals surface area contributed by atoms with Gasteiger partial charge in [0.15, 0.2) is 0 Å². The second-order valence-corrected chi connectivity index (χ2v) is 12.4. The number of ether oxygens (including phenoxy) is 3. The summed E-state index contributed by atoms with van der Waals surface area (Å²) in [7, 11) is 0. The van der Waals surface area contributed by atoms with Gasteiger partial charge in [0, 0.05) is 32.7 Å². The molecule has 0 radical (unpaired) electrons. The fourth-order valence-electron chi connectivity index (χ4n) is 5.39. The molecule has 0 spiro atoms. The normalized spacial score (nSPS) is 29.0. The molecule has 214 valence electrons. The Morgan fingerprint density at radius 2 is 1.26 bits per heavy atom. The molecule has 8 nitrogen and oxygen atoms in total. The van der Waals surface area contributed by atoms with Crippen LogP contribution >= 0.6 is 0 Å². The highest BCUT2D eigenvalue weighted by Crippen LogP contribution is 2.28. The number of amides is 1. The number of carbonyl (C=O) groups is 1. The van der Waals surface area contributed by atoms with Gasteiger partial charge in [-0.1, -0.05) is 30.3 Å². The number of rotatable bonds is 6. The van der Waals surface area contributed by atoms with Crippen molar-refractivity contribution in [2.45, 2.75) is 121 Å². The topological polar surface area (TPSA) is 91.7 Å². The van der Waals surface area contributed by atoms with Crippen LogP contribution < -0.4 is 0 Å². The van der Waals surface area contributed by atoms with Gasteiger partial charge in [-0.15, -0.1) is 0 Å². The van der Waals surface area contributed by atoms with E-state index in [1.54, 1.807) is 4.90 Å². The summed E-state index contributed by atoms with van der Waals surface area (Å²) in [6, 6.07) is 10.7. The lowest BCUT2D eigenvalue weighted by atomic mass is 9.91. The first-order chi connectivity index (χ1) is 18.1. The molecular formula is C30H48N2O6. The van der Waals surface area contributed by atoms with Gasteiger partial charge >= 0.3 is 6.09 Å². The van der Waals surface area contributed by atoms with Gasteiger partial charge in [-0.2, -0.15) is 0 Å². The van der Waals surface area contributed by atoms with Crippen molar-refractivity contribution in [1.82, 2.24) is 9.80 Å². The van der Waals surface area contributed by atoms with Crippen LogP contribution in [0.3, 0.4) is 0 Å². The molecule has 0 unspecified atom stereocenters. The average Bonchev–Trinajstić information content (AvgIpc) is 2.84. The zero-order valence-electron chi connectivity index (χ0n) is 23.5. The molecule has 4 aliphatic rings. The van der Waals surface area contributed by atoms with E-state index in [-0.39, 0.29) is 30.5 Å². The molecule has 2 saturated carbocycles. The Bertz CT molecular complexity index is 834. The first-order valence-corrected chi connectivity index (χ1v) is 14.5. The molecule has 8 heteroatoms. The summed E-state index contributed by atoms with van der Waals surface area (Å²) < 4.78 is 17.3. The Morgan fingerprint density at radius 1 is 0.789 bits per heavy atom. The third-order valence-corrected chi connectivity index (χ3v) is 7.79. The predicted molar refractivity (Wildman–Crippen MR) is 146 cm³/mol. The van der Waals surface area contributed by atoms with Gasteiger partial charge in [0.2, 0.25) is 0 Å². The first kappa shape index (κ1) is 29.3. The summed E-state index contributed by atoms with van der Waals surface area (Å²) in [5.74, 6) is 0. The zero-order chi connectivity index (χ0) is 27.1. The molecule has 0 aromatic heterocycles. The van der Waals surface area contributed by atoms with E-state index >= 15 is 0 Å². The van der Waals surface area contributed by atoms with E-state index in [0.717, 1.165) is 71.0 Å². The minimum atomic E-state index is -0.438. The highest BCUT2D eigenvalue weighted by Gasteiger charge is 2.33. The van der Waals surface area contributed by atoms with Crippen LogP contribution in [0.15, 0.2) is 30.3 Å². The Balaban J connectivity index is 0.000000177. The van der Waals surface area contributed by atoms with Crippen molar-refractivity contribution in [3.63, 3.8) is 0 Å². The third kappa shape index (κ3) is 9.49. The van der Waals surface area contributed by atoms with Crippen LogP contribution in [0, 0.1) is 0 Å². The SMILES string of the molecule is CC(C)(C)OC(=O)N1CCC(OC2CC(O)C2)CC1.OC1CC(OC2CCN(Cc3ccccc3)CC2)C1. The minimum Gasteiger partial charge on any atom is -0.444 e. The van der Waals surface area contributed by atoms with E-state index < -0.39 is 5.60 Å². The molecule has 4 fully saturated rings. The van der Waals surface area contributed by atoms with Crippen molar-refractivity contribution in [2.75, 3.05) is 26.2 Å². The Hall–Kier alpha value is -1.71. The number of nitrogens with zero attached hydrogens (tertiary/aromatic N) is 2. The highest BCUT2D eigenvalue weighted by molar-refractivity contribution is 5.68. The third-order valence-electron chi connectivity index (χ3n) is 7.79. The second-order valence-electron chi connectivity index (χ2n) is 12.4. The number of benzene rings is 1. The maximum atomic E-state index is 11.9. The largest absolute Gasteiger partial charge is 0.444 e. The van der Waals surface area contributed by atoms with Gasteiger partial charge in [-0.25, -0.2) is 4.79 Å². The molecule has 2 aliphatic carbocycles. The molecular weight excluding hydrogens is 484 g/mol. The number of hydrogen-bond acceptors (Lipinski definition) is 7. The number of aliphatic hydroxyl groups is 2. The van der Waals surface area contributed by atoms with Gasteiger partial charge < -0.3 is 29.3 Å². The van der Waals surface area contributed by atoms with Gasteiger partial charge in [0.05, 0.1) is 36.6 Å². The summed E-state index contributed by atoms with van der Waals surface area (Å²) in [5, 5.41) is 18.5. The first-order valence-electron chi connectivity index (χ1n) is 14.5. The van der Waals surface area contributed by atoms with Crippen LogP contribution in [0.2, 0.25) is 0 Å². The highest BCUT2D eigenvalue weighted by atomic mass is 16.6. The summed E-state index contributed by atoms with van der Waals surface area (Å²) in [6.45, 7) is 10.3. The molecule has 1 amide bonds. The Morgan fingerprint density at radius 3 is 1.71 bits per heavy atom. The Kier molecular flexibility index (Phi) is 10.5. The summed E-state index contributed by atoms with van der Waals surface area (Å²) in [4.78, 5) is 16.1. The maximum absolute atomic E-state index is 11.9.